The van der Waals surface area contributed by atoms with Gasteiger partial charge in [-0.2, -0.15) is 0 Å². The number of fused-ring (bicyclic) bond motifs is 8. The van der Waals surface area contributed by atoms with Crippen molar-refractivity contribution in [2.24, 2.45) is 0 Å². The quantitative estimate of drug-likeness (QED) is 0.164. The zero-order valence-corrected chi connectivity index (χ0v) is 43.0. The Bertz CT molecular complexity index is 3520. The number of anilines is 8. The van der Waals surface area contributed by atoms with Gasteiger partial charge in [0.25, 0.3) is 6.71 Å². The molecule has 8 aromatic carbocycles. The minimum absolute atomic E-state index is 0.0538. The standard InChI is InChI=1S/C66H63BFN3/c1-62(2,3)44-26-30-54(49(35-44)41-17-12-11-13-18-41)69-57-20-15-14-19-52(57)67-53-29-25-46-37-58(53)70(55-31-27-45(63(4,5)6)36-50(55)42-21-23-43(24-22-42)64(46,7)8)60-40-48(39-59(69)61(60)67)71-56-32-28-47(68)38-51(56)65(9)33-16-34-66(65,71)10/h11-15,17-32,35-40H,16,33-34H2,1-10H3. The first-order valence-corrected chi connectivity index (χ1v) is 25.9. The molecule has 5 heterocycles. The number of rotatable bonds is 3. The van der Waals surface area contributed by atoms with Crippen LogP contribution in [-0.4, -0.2) is 12.3 Å². The lowest BCUT2D eigenvalue weighted by molar-refractivity contribution is 0.330. The smallest absolute Gasteiger partial charge is 0.252 e. The molecule has 0 radical (unpaired) electrons. The second-order valence-corrected chi connectivity index (χ2v) is 24.3. The molecule has 5 heteroatoms. The van der Waals surface area contributed by atoms with Crippen LogP contribution < -0.4 is 31.1 Å². The van der Waals surface area contributed by atoms with E-state index in [4.69, 9.17) is 0 Å². The largest absolute Gasteiger partial charge is 0.334 e. The molecule has 5 aliphatic heterocycles. The first kappa shape index (κ1) is 44.1. The number of hydrogen-bond donors (Lipinski definition) is 0. The van der Waals surface area contributed by atoms with E-state index in [0.29, 0.717) is 0 Å². The second-order valence-electron chi connectivity index (χ2n) is 24.3. The molecule has 0 spiro atoms. The maximum Gasteiger partial charge on any atom is 0.252 e. The van der Waals surface area contributed by atoms with E-state index in [0.717, 1.165) is 47.6 Å². The second kappa shape index (κ2) is 14.9. The summed E-state index contributed by atoms with van der Waals surface area (Å²) < 4.78 is 15.6. The van der Waals surface area contributed by atoms with Gasteiger partial charge in [-0.1, -0.05) is 166 Å². The molecule has 1 aliphatic carbocycles. The molecule has 2 unspecified atom stereocenters. The van der Waals surface area contributed by atoms with Crippen molar-refractivity contribution in [3.63, 3.8) is 0 Å². The molecule has 0 aromatic heterocycles. The van der Waals surface area contributed by atoms with Crippen molar-refractivity contribution in [3.05, 3.63) is 197 Å². The van der Waals surface area contributed by atoms with E-state index in [2.05, 4.69) is 236 Å². The third kappa shape index (κ3) is 6.20. The fourth-order valence-electron chi connectivity index (χ4n) is 13.6. The Morgan fingerprint density at radius 3 is 1.69 bits per heavy atom. The lowest BCUT2D eigenvalue weighted by atomic mass is 9.33. The van der Waals surface area contributed by atoms with Gasteiger partial charge in [0, 0.05) is 56.1 Å². The van der Waals surface area contributed by atoms with Gasteiger partial charge in [0.15, 0.2) is 0 Å². The zero-order chi connectivity index (χ0) is 49.1. The van der Waals surface area contributed by atoms with Gasteiger partial charge in [0.2, 0.25) is 0 Å². The van der Waals surface area contributed by atoms with E-state index in [9.17, 15) is 0 Å². The maximum absolute atomic E-state index is 15.6. The molecule has 0 amide bonds. The van der Waals surface area contributed by atoms with E-state index >= 15 is 4.39 Å². The van der Waals surface area contributed by atoms with E-state index < -0.39 is 0 Å². The van der Waals surface area contributed by atoms with Gasteiger partial charge in [0.1, 0.15) is 5.82 Å². The third-order valence-electron chi connectivity index (χ3n) is 18.0. The Morgan fingerprint density at radius 2 is 1.04 bits per heavy atom. The summed E-state index contributed by atoms with van der Waals surface area (Å²) in [6, 6.07) is 61.9. The summed E-state index contributed by atoms with van der Waals surface area (Å²) >= 11 is 0. The summed E-state index contributed by atoms with van der Waals surface area (Å²) in [5, 5.41) is 0. The van der Waals surface area contributed by atoms with Crippen molar-refractivity contribution < 1.29 is 4.39 Å². The lowest BCUT2D eigenvalue weighted by Crippen LogP contribution is -2.61. The van der Waals surface area contributed by atoms with Gasteiger partial charge in [-0.05, 0) is 153 Å². The van der Waals surface area contributed by atoms with Crippen LogP contribution in [0.25, 0.3) is 22.3 Å². The van der Waals surface area contributed by atoms with Gasteiger partial charge in [-0.15, -0.1) is 0 Å². The Labute approximate surface area is 421 Å². The summed E-state index contributed by atoms with van der Waals surface area (Å²) in [7, 11) is 0. The number of nitrogens with zero attached hydrogens (tertiary/aromatic N) is 3. The molecule has 0 saturated heterocycles. The predicted octanol–water partition coefficient (Wildman–Crippen LogP) is 15.8. The van der Waals surface area contributed by atoms with Crippen LogP contribution >= 0.6 is 0 Å². The first-order chi connectivity index (χ1) is 33.9. The summed E-state index contributed by atoms with van der Waals surface area (Å²) in [6.07, 6.45) is 3.10. The van der Waals surface area contributed by atoms with Crippen LogP contribution in [0.2, 0.25) is 0 Å². The van der Waals surface area contributed by atoms with Crippen LogP contribution in [0.4, 0.5) is 49.9 Å². The Morgan fingerprint density at radius 1 is 0.479 bits per heavy atom. The van der Waals surface area contributed by atoms with Crippen LogP contribution in [-0.2, 0) is 21.7 Å². The molecule has 4 bridgehead atoms. The van der Waals surface area contributed by atoms with Gasteiger partial charge in [-0.3, -0.25) is 0 Å². The molecule has 0 N–H and O–H groups in total. The lowest BCUT2D eigenvalue weighted by Gasteiger charge is -2.47. The Hall–Kier alpha value is -6.85. The predicted molar refractivity (Wildman–Crippen MR) is 299 cm³/mol. The molecule has 2 atom stereocenters. The van der Waals surface area contributed by atoms with Gasteiger partial charge in [0.05, 0.1) is 16.9 Å². The fraction of sp³-hybridized carbons (Fsp3) is 0.273. The Balaban J connectivity index is 1.19. The summed E-state index contributed by atoms with van der Waals surface area (Å²) in [6.45, 7) is 23.4. The van der Waals surface area contributed by atoms with Crippen molar-refractivity contribution in [1.29, 1.82) is 0 Å². The highest BCUT2D eigenvalue weighted by molar-refractivity contribution is 7.00. The van der Waals surface area contributed by atoms with Crippen LogP contribution in [0, 0.1) is 5.82 Å². The molecule has 352 valence electrons. The van der Waals surface area contributed by atoms with Gasteiger partial charge < -0.3 is 14.7 Å². The summed E-state index contributed by atoms with van der Waals surface area (Å²) in [5.74, 6) is -0.169. The highest BCUT2D eigenvalue weighted by Crippen LogP contribution is 2.63. The van der Waals surface area contributed by atoms with Gasteiger partial charge in [-0.25, -0.2) is 4.39 Å². The monoisotopic (exact) mass is 928 g/mol. The topological polar surface area (TPSA) is 9.72 Å². The van der Waals surface area contributed by atoms with E-state index in [1.807, 2.05) is 6.07 Å². The molecule has 14 rings (SSSR count). The minimum atomic E-state index is -0.293. The summed E-state index contributed by atoms with van der Waals surface area (Å²) in [4.78, 5) is 7.86. The SMILES string of the molecule is CC(C)(C)c1ccc(N2c3ccccc3B3c4ccc5cc4N(c4ccc(C(C)(C)C)cc4-c4ccc(cc4)C5(C)C)c4cc(N5c6ccc(F)cc6C6(C)CCCC56C)cc2c43)c(-c2ccccc2)c1. The van der Waals surface area contributed by atoms with Crippen molar-refractivity contribution in [1.82, 2.24) is 0 Å². The molecule has 71 heavy (non-hydrogen) atoms. The van der Waals surface area contributed by atoms with Gasteiger partial charge >= 0.3 is 0 Å². The average Bonchev–Trinajstić information content (AvgIpc) is 3.75. The number of hydrogen-bond acceptors (Lipinski definition) is 3. The normalized spacial score (nSPS) is 20.0. The van der Waals surface area contributed by atoms with E-state index in [1.165, 1.54) is 83.6 Å². The van der Waals surface area contributed by atoms with E-state index in [-0.39, 0.29) is 39.7 Å². The fourth-order valence-corrected chi connectivity index (χ4v) is 13.6. The third-order valence-corrected chi connectivity index (χ3v) is 18.0. The van der Waals surface area contributed by atoms with Crippen LogP contribution in [0.3, 0.4) is 0 Å². The highest BCUT2D eigenvalue weighted by Gasteiger charge is 2.60. The van der Waals surface area contributed by atoms with Crippen molar-refractivity contribution in [2.45, 2.75) is 116 Å². The molecule has 6 aliphatic rings. The first-order valence-electron chi connectivity index (χ1n) is 25.9. The highest BCUT2D eigenvalue weighted by atomic mass is 19.1. The number of halogens is 1. The molecular weight excluding hydrogens is 865 g/mol. The van der Waals surface area contributed by atoms with Crippen molar-refractivity contribution >= 4 is 68.6 Å². The summed E-state index contributed by atoms with van der Waals surface area (Å²) in [5.41, 5.74) is 23.4. The zero-order valence-electron chi connectivity index (χ0n) is 43.0. The van der Waals surface area contributed by atoms with Crippen molar-refractivity contribution in [2.75, 3.05) is 14.7 Å². The maximum atomic E-state index is 15.6. The van der Waals surface area contributed by atoms with Crippen LogP contribution in [0.1, 0.15) is 116 Å². The molecule has 3 nitrogen and oxygen atoms in total. The molecule has 1 fully saturated rings. The Kier molecular flexibility index (Phi) is 9.23. The van der Waals surface area contributed by atoms with Crippen LogP contribution in [0.15, 0.2) is 164 Å². The molecule has 1 saturated carbocycles. The van der Waals surface area contributed by atoms with Crippen molar-refractivity contribution in [3.8, 4) is 22.3 Å². The molecule has 8 aromatic rings. The average molecular weight is 928 g/mol. The minimum Gasteiger partial charge on any atom is -0.334 e. The number of benzene rings is 8. The van der Waals surface area contributed by atoms with Crippen LogP contribution in [0.5, 0.6) is 0 Å². The number of para-hydroxylation sites is 1. The molecular formula is C66H63BFN3. The van der Waals surface area contributed by atoms with E-state index in [1.54, 1.807) is 6.07 Å².